The molecule has 2 unspecified atom stereocenters. The molecule has 0 bridgehead atoms. The van der Waals surface area contributed by atoms with E-state index in [0.29, 0.717) is 0 Å². The highest BCUT2D eigenvalue weighted by molar-refractivity contribution is 14.1. The second-order valence-electron chi connectivity index (χ2n) is 4.48. The number of hydrogen-bond acceptors (Lipinski definition) is 2. The molecule has 1 N–H and O–H groups in total. The predicted molar refractivity (Wildman–Crippen MR) is 88.6 cm³/mol. The zero-order chi connectivity index (χ0) is 13.8. The summed E-state index contributed by atoms with van der Waals surface area (Å²) in [6.45, 7) is 2.18. The van der Waals surface area contributed by atoms with Gasteiger partial charge in [-0.1, -0.05) is 30.7 Å². The summed E-state index contributed by atoms with van der Waals surface area (Å²) < 4.78 is 1.07. The Labute approximate surface area is 132 Å². The number of nitrogens with zero attached hydrogens (tertiary/aromatic N) is 1. The van der Waals surface area contributed by atoms with Crippen LogP contribution in [0.2, 0.25) is 5.02 Å². The summed E-state index contributed by atoms with van der Waals surface area (Å²) in [4.78, 5) is 4.44. The number of aromatic nitrogens is 1. The second-order valence-corrected chi connectivity index (χ2v) is 6.05. The minimum Gasteiger partial charge on any atom is -0.312 e. The molecule has 2 nitrogen and oxygen atoms in total. The summed E-state index contributed by atoms with van der Waals surface area (Å²) in [6, 6.07) is 12.4. The summed E-state index contributed by atoms with van der Waals surface area (Å²) in [5.74, 6) is 0.280. The number of benzene rings is 1. The van der Waals surface area contributed by atoms with Crippen molar-refractivity contribution in [3.8, 4) is 0 Å². The van der Waals surface area contributed by atoms with Crippen molar-refractivity contribution in [3.05, 3.63) is 62.4 Å². The van der Waals surface area contributed by atoms with Gasteiger partial charge in [0.25, 0.3) is 0 Å². The van der Waals surface area contributed by atoms with E-state index in [2.05, 4.69) is 51.9 Å². The fourth-order valence-electron chi connectivity index (χ4n) is 2.23. The van der Waals surface area contributed by atoms with Crippen LogP contribution < -0.4 is 5.32 Å². The molecule has 2 aromatic rings. The van der Waals surface area contributed by atoms with Crippen LogP contribution in [0, 0.1) is 3.57 Å². The fourth-order valence-corrected chi connectivity index (χ4v) is 2.75. The molecular weight excluding hydrogens is 371 g/mol. The van der Waals surface area contributed by atoms with Gasteiger partial charge in [0.05, 0.1) is 5.02 Å². The van der Waals surface area contributed by atoms with E-state index in [9.17, 15) is 0 Å². The van der Waals surface area contributed by atoms with Gasteiger partial charge in [-0.15, -0.1) is 0 Å². The van der Waals surface area contributed by atoms with Crippen molar-refractivity contribution in [2.24, 2.45) is 0 Å². The minimum absolute atomic E-state index is 0.199. The van der Waals surface area contributed by atoms with Crippen molar-refractivity contribution in [1.29, 1.82) is 0 Å². The molecule has 0 saturated heterocycles. The smallest absolute Gasteiger partial charge is 0.0542 e. The molecule has 4 heteroatoms. The van der Waals surface area contributed by atoms with E-state index in [-0.39, 0.29) is 12.0 Å². The van der Waals surface area contributed by atoms with Crippen LogP contribution in [0.15, 0.2) is 42.6 Å². The van der Waals surface area contributed by atoms with Crippen LogP contribution >= 0.6 is 34.2 Å². The quantitative estimate of drug-likeness (QED) is 0.788. The zero-order valence-electron chi connectivity index (χ0n) is 10.9. The molecule has 1 heterocycles. The minimum atomic E-state index is 0.199. The zero-order valence-corrected chi connectivity index (χ0v) is 13.8. The van der Waals surface area contributed by atoms with Gasteiger partial charge < -0.3 is 5.32 Å². The average Bonchev–Trinajstić information content (AvgIpc) is 2.44. The monoisotopic (exact) mass is 386 g/mol. The van der Waals surface area contributed by atoms with Crippen LogP contribution in [0.25, 0.3) is 0 Å². The molecule has 1 aromatic heterocycles. The van der Waals surface area contributed by atoms with Gasteiger partial charge >= 0.3 is 0 Å². The predicted octanol–water partition coefficient (Wildman–Crippen LogP) is 4.40. The van der Waals surface area contributed by atoms with Gasteiger partial charge in [-0.3, -0.25) is 4.98 Å². The molecule has 0 aliphatic heterocycles. The number of rotatable bonds is 4. The first kappa shape index (κ1) is 14.8. The lowest BCUT2D eigenvalue weighted by molar-refractivity contribution is 0.499. The molecule has 0 amide bonds. The summed E-state index contributed by atoms with van der Waals surface area (Å²) in [5, 5.41) is 4.16. The lowest BCUT2D eigenvalue weighted by Gasteiger charge is -2.24. The van der Waals surface area contributed by atoms with Crippen molar-refractivity contribution in [2.75, 3.05) is 7.05 Å². The maximum absolute atomic E-state index is 6.21. The van der Waals surface area contributed by atoms with E-state index in [1.807, 2.05) is 37.5 Å². The average molecular weight is 387 g/mol. The van der Waals surface area contributed by atoms with Gasteiger partial charge in [0.15, 0.2) is 0 Å². The highest BCUT2D eigenvalue weighted by atomic mass is 127. The van der Waals surface area contributed by atoms with Gasteiger partial charge in [0, 0.05) is 27.4 Å². The van der Waals surface area contributed by atoms with E-state index in [1.54, 1.807) is 0 Å². The van der Waals surface area contributed by atoms with Crippen molar-refractivity contribution in [2.45, 2.75) is 18.9 Å². The third kappa shape index (κ3) is 3.46. The highest BCUT2D eigenvalue weighted by Crippen LogP contribution is 2.31. The third-order valence-electron chi connectivity index (χ3n) is 3.27. The molecule has 100 valence electrons. The van der Waals surface area contributed by atoms with Crippen LogP contribution in [-0.4, -0.2) is 12.0 Å². The second kappa shape index (κ2) is 6.68. The molecule has 0 aliphatic rings. The normalized spacial score (nSPS) is 14.1. The Hall–Kier alpha value is -0.650. The van der Waals surface area contributed by atoms with Crippen molar-refractivity contribution in [3.63, 3.8) is 0 Å². The fraction of sp³-hybridized carbons (Fsp3) is 0.267. The Morgan fingerprint density at radius 1 is 1.26 bits per heavy atom. The molecule has 0 aliphatic carbocycles. The number of pyridine rings is 1. The van der Waals surface area contributed by atoms with Crippen LogP contribution in [0.4, 0.5) is 0 Å². The standard InChI is InChI=1S/C15H16ClIN2/c1-10(14-5-3-4-8-19-14)15(18-2)11-6-7-13(17)12(16)9-11/h3-10,15,18H,1-2H3. The maximum atomic E-state index is 6.21. The SMILES string of the molecule is CNC(c1ccc(I)c(Cl)c1)C(C)c1ccccn1. The molecule has 0 radical (unpaired) electrons. The topological polar surface area (TPSA) is 24.9 Å². The highest BCUT2D eigenvalue weighted by Gasteiger charge is 2.20. The van der Waals surface area contributed by atoms with Crippen LogP contribution in [-0.2, 0) is 0 Å². The Kier molecular flexibility index (Phi) is 5.19. The first-order valence-corrected chi connectivity index (χ1v) is 7.62. The summed E-state index contributed by atoms with van der Waals surface area (Å²) in [7, 11) is 1.97. The van der Waals surface area contributed by atoms with E-state index >= 15 is 0 Å². The first-order chi connectivity index (χ1) is 9.13. The van der Waals surface area contributed by atoms with E-state index in [4.69, 9.17) is 11.6 Å². The van der Waals surface area contributed by atoms with Gasteiger partial charge in [-0.2, -0.15) is 0 Å². The molecule has 0 spiro atoms. The lowest BCUT2D eigenvalue weighted by Crippen LogP contribution is -2.22. The summed E-state index contributed by atoms with van der Waals surface area (Å²) >= 11 is 8.46. The summed E-state index contributed by atoms with van der Waals surface area (Å²) in [6.07, 6.45) is 1.83. The van der Waals surface area contributed by atoms with Crippen LogP contribution in [0.1, 0.15) is 30.1 Å². The first-order valence-electron chi connectivity index (χ1n) is 6.16. The Balaban J connectivity index is 2.31. The van der Waals surface area contributed by atoms with Gasteiger partial charge in [0.1, 0.15) is 0 Å². The lowest BCUT2D eigenvalue weighted by atomic mass is 9.91. The molecule has 19 heavy (non-hydrogen) atoms. The maximum Gasteiger partial charge on any atom is 0.0542 e. The van der Waals surface area contributed by atoms with Crippen molar-refractivity contribution in [1.82, 2.24) is 10.3 Å². The molecule has 2 rings (SSSR count). The Bertz CT molecular complexity index is 545. The number of nitrogens with one attached hydrogen (secondary N) is 1. The summed E-state index contributed by atoms with van der Waals surface area (Å²) in [5.41, 5.74) is 2.27. The van der Waals surface area contributed by atoms with Crippen LogP contribution in [0.5, 0.6) is 0 Å². The van der Waals surface area contributed by atoms with E-state index in [1.165, 1.54) is 5.56 Å². The van der Waals surface area contributed by atoms with Gasteiger partial charge in [0.2, 0.25) is 0 Å². The van der Waals surface area contributed by atoms with Gasteiger partial charge in [-0.05, 0) is 59.5 Å². The molecule has 0 fully saturated rings. The molecule has 0 saturated carbocycles. The van der Waals surface area contributed by atoms with E-state index in [0.717, 1.165) is 14.3 Å². The molecule has 1 aromatic carbocycles. The Morgan fingerprint density at radius 2 is 2.05 bits per heavy atom. The van der Waals surface area contributed by atoms with Crippen LogP contribution in [0.3, 0.4) is 0 Å². The molecular formula is C15H16ClIN2. The third-order valence-corrected chi connectivity index (χ3v) is 4.84. The van der Waals surface area contributed by atoms with E-state index < -0.39 is 0 Å². The number of likely N-dealkylation sites (N-methyl/N-ethyl adjacent to an activating group) is 1. The molecule has 2 atom stereocenters. The van der Waals surface area contributed by atoms with Crippen molar-refractivity contribution >= 4 is 34.2 Å². The van der Waals surface area contributed by atoms with Gasteiger partial charge in [-0.25, -0.2) is 0 Å². The number of halogens is 2. The largest absolute Gasteiger partial charge is 0.312 e. The van der Waals surface area contributed by atoms with Crippen molar-refractivity contribution < 1.29 is 0 Å². The Morgan fingerprint density at radius 3 is 2.63 bits per heavy atom. The number of hydrogen-bond donors (Lipinski definition) is 1.